The van der Waals surface area contributed by atoms with Crippen LogP contribution in [-0.4, -0.2) is 28.8 Å². The highest BCUT2D eigenvalue weighted by atomic mass is 32.1. The van der Waals surface area contributed by atoms with Crippen LogP contribution >= 0.6 is 11.3 Å². The molecule has 26 heavy (non-hydrogen) atoms. The minimum absolute atomic E-state index is 0.0974. The Morgan fingerprint density at radius 1 is 1.23 bits per heavy atom. The number of aromatic nitrogens is 2. The molecule has 1 amide bonds. The van der Waals surface area contributed by atoms with Gasteiger partial charge in [0.2, 0.25) is 0 Å². The lowest BCUT2D eigenvalue weighted by molar-refractivity contribution is -0.141. The summed E-state index contributed by atoms with van der Waals surface area (Å²) in [5.74, 6) is -0.587. The number of hydrogen-bond donors (Lipinski definition) is 1. The van der Waals surface area contributed by atoms with Gasteiger partial charge in [-0.3, -0.25) is 14.3 Å². The molecule has 0 saturated heterocycles. The number of benzene rings is 1. The number of carbonyl (C=O) groups excluding carboxylic acids is 2. The number of carbonyl (C=O) groups is 2. The number of ether oxygens (including phenoxy) is 1. The highest BCUT2D eigenvalue weighted by Gasteiger charge is 2.20. The van der Waals surface area contributed by atoms with Crippen LogP contribution in [0.5, 0.6) is 0 Å². The molecule has 0 aliphatic heterocycles. The van der Waals surface area contributed by atoms with Gasteiger partial charge in [-0.25, -0.2) is 0 Å². The van der Waals surface area contributed by atoms with E-state index >= 15 is 0 Å². The molecule has 1 unspecified atom stereocenters. The average molecular weight is 369 g/mol. The van der Waals surface area contributed by atoms with Crippen molar-refractivity contribution in [1.82, 2.24) is 15.1 Å². The van der Waals surface area contributed by atoms with Crippen LogP contribution in [0.2, 0.25) is 0 Å². The third-order valence-electron chi connectivity index (χ3n) is 3.91. The maximum atomic E-state index is 12.6. The van der Waals surface area contributed by atoms with Crippen molar-refractivity contribution in [2.45, 2.75) is 19.0 Å². The van der Waals surface area contributed by atoms with Crippen molar-refractivity contribution >= 4 is 23.2 Å². The fraction of sp³-hybridized carbons (Fsp3) is 0.211. The summed E-state index contributed by atoms with van der Waals surface area (Å²) in [6.07, 6.45) is 3.72. The molecule has 3 rings (SSSR count). The van der Waals surface area contributed by atoms with E-state index in [4.69, 9.17) is 4.74 Å². The molecular weight excluding hydrogens is 350 g/mol. The van der Waals surface area contributed by atoms with E-state index in [-0.39, 0.29) is 18.3 Å². The molecule has 7 heteroatoms. The number of amides is 1. The lowest BCUT2D eigenvalue weighted by Gasteiger charge is -2.16. The Kier molecular flexibility index (Phi) is 5.80. The maximum Gasteiger partial charge on any atom is 0.307 e. The molecule has 1 atom stereocenters. The molecule has 1 aromatic carbocycles. The second-order valence-corrected chi connectivity index (χ2v) is 6.70. The second-order valence-electron chi connectivity index (χ2n) is 5.72. The molecule has 0 bridgehead atoms. The van der Waals surface area contributed by atoms with Crippen molar-refractivity contribution in [2.24, 2.45) is 0 Å². The zero-order valence-electron chi connectivity index (χ0n) is 14.3. The molecule has 0 aliphatic carbocycles. The van der Waals surface area contributed by atoms with Gasteiger partial charge >= 0.3 is 5.97 Å². The topological polar surface area (TPSA) is 73.2 Å². The van der Waals surface area contributed by atoms with Crippen LogP contribution in [0.25, 0.3) is 0 Å². The Labute approximate surface area is 155 Å². The first-order valence-electron chi connectivity index (χ1n) is 8.13. The van der Waals surface area contributed by atoms with Crippen molar-refractivity contribution in [2.75, 3.05) is 7.11 Å². The van der Waals surface area contributed by atoms with E-state index in [1.807, 2.05) is 46.6 Å². The van der Waals surface area contributed by atoms with E-state index in [1.54, 1.807) is 18.3 Å². The van der Waals surface area contributed by atoms with E-state index < -0.39 is 6.04 Å². The van der Waals surface area contributed by atoms with Gasteiger partial charge in [0.25, 0.3) is 5.91 Å². The Bertz CT molecular complexity index is 843. The molecule has 6 nitrogen and oxygen atoms in total. The van der Waals surface area contributed by atoms with Crippen molar-refractivity contribution in [1.29, 1.82) is 0 Å². The number of nitrogens with zero attached hydrogens (tertiary/aromatic N) is 2. The van der Waals surface area contributed by atoms with Gasteiger partial charge in [0.15, 0.2) is 0 Å². The highest BCUT2D eigenvalue weighted by molar-refractivity contribution is 7.10. The third-order valence-corrected chi connectivity index (χ3v) is 4.90. The van der Waals surface area contributed by atoms with Gasteiger partial charge in [-0.2, -0.15) is 5.10 Å². The van der Waals surface area contributed by atoms with Gasteiger partial charge in [-0.05, 0) is 35.2 Å². The molecule has 0 aliphatic rings. The monoisotopic (exact) mass is 369 g/mol. The fourth-order valence-electron chi connectivity index (χ4n) is 2.55. The summed E-state index contributed by atoms with van der Waals surface area (Å²) in [4.78, 5) is 25.1. The smallest absolute Gasteiger partial charge is 0.307 e. The van der Waals surface area contributed by atoms with Crippen LogP contribution < -0.4 is 5.32 Å². The summed E-state index contributed by atoms with van der Waals surface area (Å²) in [5, 5.41) is 9.00. The standard InChI is InChI=1S/C19H19N3O3S/c1-25-18(23)12-16(17-4-2-11-26-17)21-19(24)15-7-5-14(6-8-15)13-22-10-3-9-20-22/h2-11,16H,12-13H2,1H3,(H,21,24). The van der Waals surface area contributed by atoms with E-state index in [1.165, 1.54) is 18.4 Å². The average Bonchev–Trinajstić information content (AvgIpc) is 3.35. The first kappa shape index (κ1) is 17.9. The number of methoxy groups -OCH3 is 1. The largest absolute Gasteiger partial charge is 0.469 e. The van der Waals surface area contributed by atoms with E-state index in [2.05, 4.69) is 10.4 Å². The molecular formula is C19H19N3O3S. The molecule has 1 N–H and O–H groups in total. The van der Waals surface area contributed by atoms with Gasteiger partial charge < -0.3 is 10.1 Å². The lowest BCUT2D eigenvalue weighted by Crippen LogP contribution is -2.30. The normalized spacial score (nSPS) is 11.7. The summed E-state index contributed by atoms with van der Waals surface area (Å²) in [7, 11) is 1.34. The SMILES string of the molecule is COC(=O)CC(NC(=O)c1ccc(Cn2cccn2)cc1)c1cccs1. The van der Waals surface area contributed by atoms with Gasteiger partial charge in [0.1, 0.15) is 0 Å². The van der Waals surface area contributed by atoms with Crippen molar-refractivity contribution in [3.05, 3.63) is 76.2 Å². The van der Waals surface area contributed by atoms with Gasteiger partial charge in [-0.1, -0.05) is 18.2 Å². The first-order chi connectivity index (χ1) is 12.7. The molecule has 0 saturated carbocycles. The van der Waals surface area contributed by atoms with Crippen LogP contribution in [0.4, 0.5) is 0 Å². The van der Waals surface area contributed by atoms with Crippen LogP contribution in [-0.2, 0) is 16.1 Å². The second kappa shape index (κ2) is 8.44. The molecule has 2 aromatic heterocycles. The van der Waals surface area contributed by atoms with Crippen molar-refractivity contribution in [3.8, 4) is 0 Å². The Morgan fingerprint density at radius 3 is 2.65 bits per heavy atom. The minimum Gasteiger partial charge on any atom is -0.469 e. The number of thiophene rings is 1. The minimum atomic E-state index is -0.404. The number of hydrogen-bond acceptors (Lipinski definition) is 5. The number of esters is 1. The van der Waals surface area contributed by atoms with Crippen LogP contribution in [0, 0.1) is 0 Å². The summed E-state index contributed by atoms with van der Waals surface area (Å²) in [6, 6.07) is 12.6. The fourth-order valence-corrected chi connectivity index (χ4v) is 3.32. The summed E-state index contributed by atoms with van der Waals surface area (Å²) in [5.41, 5.74) is 1.59. The van der Waals surface area contributed by atoms with Crippen LogP contribution in [0.1, 0.15) is 33.3 Å². The van der Waals surface area contributed by atoms with Gasteiger partial charge in [0, 0.05) is 22.8 Å². The maximum absolute atomic E-state index is 12.6. The molecule has 0 radical (unpaired) electrons. The first-order valence-corrected chi connectivity index (χ1v) is 9.01. The van der Waals surface area contributed by atoms with Gasteiger partial charge in [0.05, 0.1) is 26.1 Å². The summed E-state index contributed by atoms with van der Waals surface area (Å²) in [6.45, 7) is 0.648. The molecule has 3 aromatic rings. The quantitative estimate of drug-likeness (QED) is 0.650. The lowest BCUT2D eigenvalue weighted by atomic mass is 10.1. The predicted molar refractivity (Wildman–Crippen MR) is 98.9 cm³/mol. The zero-order valence-corrected chi connectivity index (χ0v) is 15.1. The van der Waals surface area contributed by atoms with Crippen LogP contribution in [0.15, 0.2) is 60.2 Å². The number of rotatable bonds is 7. The Hall–Kier alpha value is -2.93. The third kappa shape index (κ3) is 4.58. The van der Waals surface area contributed by atoms with Crippen molar-refractivity contribution in [3.63, 3.8) is 0 Å². The van der Waals surface area contributed by atoms with Crippen molar-refractivity contribution < 1.29 is 14.3 Å². The number of nitrogens with one attached hydrogen (secondary N) is 1. The Balaban J connectivity index is 1.67. The molecule has 0 fully saturated rings. The summed E-state index contributed by atoms with van der Waals surface area (Å²) >= 11 is 1.49. The molecule has 0 spiro atoms. The van der Waals surface area contributed by atoms with E-state index in [9.17, 15) is 9.59 Å². The zero-order chi connectivity index (χ0) is 18.4. The van der Waals surface area contributed by atoms with Gasteiger partial charge in [-0.15, -0.1) is 11.3 Å². The predicted octanol–water partition coefficient (Wildman–Crippen LogP) is 3.03. The molecule has 2 heterocycles. The van der Waals surface area contributed by atoms with E-state index in [0.717, 1.165) is 10.4 Å². The van der Waals surface area contributed by atoms with Crippen LogP contribution in [0.3, 0.4) is 0 Å². The van der Waals surface area contributed by atoms with E-state index in [0.29, 0.717) is 12.1 Å². The highest BCUT2D eigenvalue weighted by Crippen LogP contribution is 2.23. The summed E-state index contributed by atoms with van der Waals surface area (Å²) < 4.78 is 6.56. The molecule has 134 valence electrons. The Morgan fingerprint density at radius 2 is 2.04 bits per heavy atom.